The van der Waals surface area contributed by atoms with Crippen LogP contribution in [0, 0.1) is 6.92 Å². The van der Waals surface area contributed by atoms with Crippen LogP contribution < -0.4 is 5.73 Å². The summed E-state index contributed by atoms with van der Waals surface area (Å²) in [6.07, 6.45) is 0.00568. The minimum Gasteiger partial charge on any atom is -0.383 e. The highest BCUT2D eigenvalue weighted by atomic mass is 19.4. The maximum Gasteiger partial charge on any atom is 0.433 e. The van der Waals surface area contributed by atoms with E-state index in [1.54, 1.807) is 6.08 Å². The monoisotopic (exact) mass is 255 g/mol. The number of alkyl halides is 3. The van der Waals surface area contributed by atoms with E-state index >= 15 is 0 Å². The Labute approximate surface area is 103 Å². The van der Waals surface area contributed by atoms with Crippen molar-refractivity contribution in [3.8, 4) is 0 Å². The average Bonchev–Trinajstić information content (AvgIpc) is 2.27. The molecule has 1 aromatic heterocycles. The van der Waals surface area contributed by atoms with Crippen LogP contribution in [0.1, 0.15) is 17.0 Å². The number of hydrogen-bond acceptors (Lipinski definition) is 2. The van der Waals surface area contributed by atoms with Crippen LogP contribution in [0.4, 0.5) is 13.2 Å². The SMILES string of the molecule is C=C/C=C\N=C(/N)c1ccc(C(F)(F)F)nc1C. The van der Waals surface area contributed by atoms with Crippen molar-refractivity contribution in [2.24, 2.45) is 10.7 Å². The zero-order chi connectivity index (χ0) is 13.8. The molecular weight excluding hydrogens is 243 g/mol. The molecule has 3 nitrogen and oxygen atoms in total. The zero-order valence-corrected chi connectivity index (χ0v) is 9.70. The lowest BCUT2D eigenvalue weighted by molar-refractivity contribution is -0.141. The van der Waals surface area contributed by atoms with Gasteiger partial charge in [-0.15, -0.1) is 0 Å². The minimum absolute atomic E-state index is 0.104. The number of hydrogen-bond donors (Lipinski definition) is 1. The van der Waals surface area contributed by atoms with Crippen LogP contribution in [0.3, 0.4) is 0 Å². The quantitative estimate of drug-likeness (QED) is 0.513. The predicted octanol–water partition coefficient (Wildman–Crippen LogP) is 2.81. The number of pyridine rings is 1. The molecule has 0 spiro atoms. The lowest BCUT2D eigenvalue weighted by Crippen LogP contribution is -2.17. The van der Waals surface area contributed by atoms with Crippen LogP contribution in [0.15, 0.2) is 42.1 Å². The Hall–Kier alpha value is -2.11. The largest absolute Gasteiger partial charge is 0.433 e. The Kier molecular flexibility index (Phi) is 4.25. The number of nitrogens with zero attached hydrogens (tertiary/aromatic N) is 2. The molecule has 0 aliphatic rings. The summed E-state index contributed by atoms with van der Waals surface area (Å²) in [6.45, 7) is 4.90. The standard InChI is InChI=1S/C12H12F3N3/c1-3-4-7-17-11(16)9-5-6-10(12(13,14)15)18-8(9)2/h3-7H,1H2,2H3,(H2,16,17)/b7-4-. The minimum atomic E-state index is -4.46. The number of aromatic nitrogens is 1. The van der Waals surface area contributed by atoms with Gasteiger partial charge in [-0.2, -0.15) is 13.2 Å². The number of halogens is 3. The molecule has 1 heterocycles. The summed E-state index contributed by atoms with van der Waals surface area (Å²) in [7, 11) is 0. The van der Waals surface area contributed by atoms with Gasteiger partial charge in [-0.05, 0) is 25.1 Å². The third kappa shape index (κ3) is 3.44. The Bertz CT molecular complexity index is 502. The first-order chi connectivity index (χ1) is 8.36. The van der Waals surface area contributed by atoms with Crippen LogP contribution >= 0.6 is 0 Å². The van der Waals surface area contributed by atoms with Crippen LogP contribution in [0.25, 0.3) is 0 Å². The molecule has 1 aromatic rings. The number of aliphatic imine (C=N–C) groups is 1. The van der Waals surface area contributed by atoms with E-state index in [1.165, 1.54) is 25.3 Å². The summed E-state index contributed by atoms with van der Waals surface area (Å²) in [4.78, 5) is 7.32. The first-order valence-electron chi connectivity index (χ1n) is 5.02. The van der Waals surface area contributed by atoms with E-state index < -0.39 is 11.9 Å². The van der Waals surface area contributed by atoms with Gasteiger partial charge in [0.2, 0.25) is 0 Å². The fraction of sp³-hybridized carbons (Fsp3) is 0.167. The number of aryl methyl sites for hydroxylation is 1. The first kappa shape index (κ1) is 14.0. The van der Waals surface area contributed by atoms with E-state index in [9.17, 15) is 13.2 Å². The molecule has 6 heteroatoms. The molecule has 1 rings (SSSR count). The van der Waals surface area contributed by atoms with Crippen molar-refractivity contribution in [3.63, 3.8) is 0 Å². The second-order valence-electron chi connectivity index (χ2n) is 3.42. The van der Waals surface area contributed by atoms with Gasteiger partial charge in [0.1, 0.15) is 11.5 Å². The Morgan fingerprint density at radius 1 is 1.44 bits per heavy atom. The number of rotatable bonds is 3. The average molecular weight is 255 g/mol. The van der Waals surface area contributed by atoms with Crippen molar-refractivity contribution in [3.05, 3.63) is 54.0 Å². The smallest absolute Gasteiger partial charge is 0.383 e. The lowest BCUT2D eigenvalue weighted by atomic mass is 10.1. The molecule has 18 heavy (non-hydrogen) atoms. The van der Waals surface area contributed by atoms with Crippen molar-refractivity contribution in [1.29, 1.82) is 0 Å². The topological polar surface area (TPSA) is 51.3 Å². The summed E-state index contributed by atoms with van der Waals surface area (Å²) in [5.74, 6) is 0.104. The molecule has 0 bridgehead atoms. The van der Waals surface area contributed by atoms with Crippen LogP contribution in [-0.2, 0) is 6.18 Å². The number of amidine groups is 1. The molecule has 0 aromatic carbocycles. The third-order valence-electron chi connectivity index (χ3n) is 2.09. The van der Waals surface area contributed by atoms with E-state index in [0.717, 1.165) is 6.07 Å². The van der Waals surface area contributed by atoms with Gasteiger partial charge in [0.05, 0.1) is 0 Å². The normalized spacial score (nSPS) is 13.0. The molecule has 0 radical (unpaired) electrons. The Morgan fingerprint density at radius 3 is 2.61 bits per heavy atom. The second kappa shape index (κ2) is 5.48. The zero-order valence-electron chi connectivity index (χ0n) is 9.70. The van der Waals surface area contributed by atoms with E-state index in [-0.39, 0.29) is 11.5 Å². The van der Waals surface area contributed by atoms with Crippen LogP contribution in [0.2, 0.25) is 0 Å². The second-order valence-corrected chi connectivity index (χ2v) is 3.42. The van der Waals surface area contributed by atoms with Crippen molar-refractivity contribution >= 4 is 5.84 Å². The maximum absolute atomic E-state index is 12.4. The third-order valence-corrected chi connectivity index (χ3v) is 2.09. The van der Waals surface area contributed by atoms with E-state index in [1.807, 2.05) is 0 Å². The summed E-state index contributed by atoms with van der Waals surface area (Å²) in [6, 6.07) is 2.13. The molecule has 2 N–H and O–H groups in total. The molecule has 0 saturated carbocycles. The van der Waals surface area contributed by atoms with E-state index in [2.05, 4.69) is 16.6 Å². The fourth-order valence-electron chi connectivity index (χ4n) is 1.24. The summed E-state index contributed by atoms with van der Waals surface area (Å²) >= 11 is 0. The maximum atomic E-state index is 12.4. The van der Waals surface area contributed by atoms with Crippen molar-refractivity contribution in [1.82, 2.24) is 4.98 Å². The lowest BCUT2D eigenvalue weighted by Gasteiger charge is -2.09. The number of nitrogens with two attached hydrogens (primary N) is 1. The summed E-state index contributed by atoms with van der Waals surface area (Å²) in [5.41, 5.74) is 5.24. The highest BCUT2D eigenvalue weighted by Crippen LogP contribution is 2.28. The van der Waals surface area contributed by atoms with Crippen molar-refractivity contribution in [2.75, 3.05) is 0 Å². The van der Waals surface area contributed by atoms with Gasteiger partial charge in [-0.1, -0.05) is 12.7 Å². The fourth-order valence-corrected chi connectivity index (χ4v) is 1.24. The van der Waals surface area contributed by atoms with Crippen molar-refractivity contribution < 1.29 is 13.2 Å². The molecule has 0 unspecified atom stereocenters. The Balaban J connectivity index is 3.10. The first-order valence-corrected chi connectivity index (χ1v) is 5.02. The molecule has 0 saturated heterocycles. The van der Waals surface area contributed by atoms with Gasteiger partial charge in [0.25, 0.3) is 0 Å². The molecule has 0 amide bonds. The van der Waals surface area contributed by atoms with Gasteiger partial charge in [0.15, 0.2) is 0 Å². The van der Waals surface area contributed by atoms with Gasteiger partial charge in [-0.25, -0.2) is 9.98 Å². The van der Waals surface area contributed by atoms with Crippen molar-refractivity contribution in [2.45, 2.75) is 13.1 Å². The highest BCUT2D eigenvalue weighted by molar-refractivity contribution is 5.98. The molecule has 0 aliphatic heterocycles. The van der Waals surface area contributed by atoms with E-state index in [4.69, 9.17) is 5.73 Å². The molecule has 0 atom stereocenters. The van der Waals surface area contributed by atoms with Gasteiger partial charge in [0, 0.05) is 17.5 Å². The highest BCUT2D eigenvalue weighted by Gasteiger charge is 2.32. The van der Waals surface area contributed by atoms with Gasteiger partial charge >= 0.3 is 6.18 Å². The van der Waals surface area contributed by atoms with E-state index in [0.29, 0.717) is 5.56 Å². The molecule has 0 fully saturated rings. The summed E-state index contributed by atoms with van der Waals surface area (Å²) in [5, 5.41) is 0. The van der Waals surface area contributed by atoms with Gasteiger partial charge < -0.3 is 5.73 Å². The number of allylic oxidation sites excluding steroid dienone is 2. The van der Waals surface area contributed by atoms with Gasteiger partial charge in [-0.3, -0.25) is 0 Å². The Morgan fingerprint density at radius 2 is 2.11 bits per heavy atom. The predicted molar refractivity (Wildman–Crippen MR) is 64.0 cm³/mol. The molecular formula is C12H12F3N3. The molecule has 96 valence electrons. The summed E-state index contributed by atoms with van der Waals surface area (Å²) < 4.78 is 37.2. The van der Waals surface area contributed by atoms with Crippen LogP contribution in [-0.4, -0.2) is 10.8 Å². The molecule has 0 aliphatic carbocycles. The van der Waals surface area contributed by atoms with Crippen LogP contribution in [0.5, 0.6) is 0 Å².